The first kappa shape index (κ1) is 13.0. The maximum atomic E-state index is 10.1. The zero-order valence-electron chi connectivity index (χ0n) is 10.9. The number of hydrogen-bond acceptors (Lipinski definition) is 3. The molecule has 0 aliphatic heterocycles. The molecule has 2 rings (SSSR count). The van der Waals surface area contributed by atoms with Crippen LogP contribution in [0.2, 0.25) is 0 Å². The molecule has 0 aliphatic carbocycles. The molecule has 0 saturated heterocycles. The van der Waals surface area contributed by atoms with Crippen molar-refractivity contribution in [3.63, 3.8) is 0 Å². The van der Waals surface area contributed by atoms with Crippen LogP contribution in [0, 0.1) is 0 Å². The van der Waals surface area contributed by atoms with Crippen LogP contribution in [0.5, 0.6) is 0 Å². The van der Waals surface area contributed by atoms with Crippen molar-refractivity contribution in [2.24, 2.45) is 5.73 Å². The Hall–Kier alpha value is -1.42. The monoisotopic (exact) mass is 244 g/mol. The summed E-state index contributed by atoms with van der Waals surface area (Å²) in [6.45, 7) is 0.256. The van der Waals surface area contributed by atoms with Gasteiger partial charge in [0.2, 0.25) is 0 Å². The average molecular weight is 244 g/mol. The maximum Gasteiger partial charge on any atom is 0.0858 e. The van der Waals surface area contributed by atoms with Gasteiger partial charge in [0.1, 0.15) is 0 Å². The molecule has 3 nitrogen and oxygen atoms in total. The summed E-state index contributed by atoms with van der Waals surface area (Å²) in [5.74, 6) is 0. The van der Waals surface area contributed by atoms with Crippen molar-refractivity contribution in [3.8, 4) is 0 Å². The lowest BCUT2D eigenvalue weighted by Crippen LogP contribution is -2.36. The Bertz CT molecular complexity index is 519. The Morgan fingerprint density at radius 1 is 1.11 bits per heavy atom. The molecule has 2 aromatic carbocycles. The van der Waals surface area contributed by atoms with E-state index in [4.69, 9.17) is 5.73 Å². The molecule has 0 spiro atoms. The Morgan fingerprint density at radius 2 is 1.78 bits per heavy atom. The predicted molar refractivity (Wildman–Crippen MR) is 75.4 cm³/mol. The van der Waals surface area contributed by atoms with E-state index < -0.39 is 6.10 Å². The molecule has 0 radical (unpaired) electrons. The molecule has 3 heteroatoms. The molecule has 2 unspecified atom stereocenters. The zero-order chi connectivity index (χ0) is 13.1. The number of benzene rings is 2. The molecule has 96 valence electrons. The molecule has 0 aliphatic rings. The van der Waals surface area contributed by atoms with Gasteiger partial charge in [0.25, 0.3) is 0 Å². The van der Waals surface area contributed by atoms with Gasteiger partial charge in [0.15, 0.2) is 0 Å². The van der Waals surface area contributed by atoms with Crippen molar-refractivity contribution in [1.82, 2.24) is 4.90 Å². The minimum absolute atomic E-state index is 0.0823. The molecule has 2 atom stereocenters. The predicted octanol–water partition coefficient (Wildman–Crippen LogP) is 1.76. The summed E-state index contributed by atoms with van der Waals surface area (Å²) in [4.78, 5) is 2.01. The first-order valence-corrected chi connectivity index (χ1v) is 6.17. The van der Waals surface area contributed by atoms with Gasteiger partial charge in [-0.15, -0.1) is 0 Å². The van der Waals surface area contributed by atoms with Gasteiger partial charge in [-0.2, -0.15) is 0 Å². The van der Waals surface area contributed by atoms with Gasteiger partial charge >= 0.3 is 0 Å². The second-order valence-electron chi connectivity index (χ2n) is 4.78. The van der Waals surface area contributed by atoms with Crippen molar-refractivity contribution in [3.05, 3.63) is 48.0 Å². The van der Waals surface area contributed by atoms with E-state index in [0.717, 1.165) is 5.56 Å². The highest BCUT2D eigenvalue weighted by atomic mass is 16.3. The van der Waals surface area contributed by atoms with Crippen molar-refractivity contribution in [2.45, 2.75) is 12.1 Å². The highest BCUT2D eigenvalue weighted by Crippen LogP contribution is 2.29. The second-order valence-corrected chi connectivity index (χ2v) is 4.78. The van der Waals surface area contributed by atoms with Gasteiger partial charge in [-0.1, -0.05) is 42.5 Å². The summed E-state index contributed by atoms with van der Waals surface area (Å²) in [5.41, 5.74) is 6.74. The quantitative estimate of drug-likeness (QED) is 0.861. The van der Waals surface area contributed by atoms with E-state index in [9.17, 15) is 5.11 Å². The number of aliphatic hydroxyl groups excluding tert-OH is 1. The average Bonchev–Trinajstić information content (AvgIpc) is 2.38. The van der Waals surface area contributed by atoms with E-state index in [2.05, 4.69) is 24.3 Å². The van der Waals surface area contributed by atoms with Crippen molar-refractivity contribution >= 4 is 10.8 Å². The van der Waals surface area contributed by atoms with Crippen LogP contribution in [0.4, 0.5) is 0 Å². The lowest BCUT2D eigenvalue weighted by atomic mass is 9.94. The lowest BCUT2D eigenvalue weighted by Gasteiger charge is -2.29. The van der Waals surface area contributed by atoms with Crippen molar-refractivity contribution < 1.29 is 5.11 Å². The number of aliphatic hydroxyl groups is 1. The van der Waals surface area contributed by atoms with E-state index >= 15 is 0 Å². The van der Waals surface area contributed by atoms with Gasteiger partial charge in [-0.05, 0) is 30.4 Å². The SMILES string of the molecule is CN(C)C(c1cccc2ccccc12)C(O)CN. The summed E-state index contributed by atoms with van der Waals surface area (Å²) in [5, 5.41) is 12.5. The molecule has 0 aromatic heterocycles. The summed E-state index contributed by atoms with van der Waals surface area (Å²) in [7, 11) is 3.93. The molecule has 0 amide bonds. The topological polar surface area (TPSA) is 49.5 Å². The Balaban J connectivity index is 2.57. The van der Waals surface area contributed by atoms with E-state index in [-0.39, 0.29) is 12.6 Å². The van der Waals surface area contributed by atoms with E-state index in [0.29, 0.717) is 0 Å². The Morgan fingerprint density at radius 3 is 2.44 bits per heavy atom. The molecular formula is C15H20N2O. The summed E-state index contributed by atoms with van der Waals surface area (Å²) in [6.07, 6.45) is -0.564. The number of fused-ring (bicyclic) bond motifs is 1. The van der Waals surface area contributed by atoms with E-state index in [1.165, 1.54) is 10.8 Å². The Kier molecular flexibility index (Phi) is 3.97. The third-order valence-corrected chi connectivity index (χ3v) is 3.30. The highest BCUT2D eigenvalue weighted by molar-refractivity contribution is 5.86. The van der Waals surface area contributed by atoms with Crippen LogP contribution in [0.3, 0.4) is 0 Å². The number of hydrogen-bond donors (Lipinski definition) is 2. The number of nitrogens with zero attached hydrogens (tertiary/aromatic N) is 1. The fourth-order valence-corrected chi connectivity index (χ4v) is 2.47. The van der Waals surface area contributed by atoms with Crippen LogP contribution in [0.1, 0.15) is 11.6 Å². The third kappa shape index (κ3) is 2.38. The number of likely N-dealkylation sites (N-methyl/N-ethyl adjacent to an activating group) is 1. The first-order valence-electron chi connectivity index (χ1n) is 6.17. The maximum absolute atomic E-state index is 10.1. The largest absolute Gasteiger partial charge is 0.390 e. The molecule has 18 heavy (non-hydrogen) atoms. The zero-order valence-corrected chi connectivity index (χ0v) is 10.9. The van der Waals surface area contributed by atoms with Gasteiger partial charge in [-0.25, -0.2) is 0 Å². The molecule has 0 heterocycles. The van der Waals surface area contributed by atoms with Crippen molar-refractivity contribution in [1.29, 1.82) is 0 Å². The minimum atomic E-state index is -0.564. The van der Waals surface area contributed by atoms with Gasteiger partial charge in [-0.3, -0.25) is 0 Å². The van der Waals surface area contributed by atoms with Gasteiger partial charge in [0, 0.05) is 6.54 Å². The van der Waals surface area contributed by atoms with Crippen LogP contribution < -0.4 is 5.73 Å². The number of nitrogens with two attached hydrogens (primary N) is 1. The number of rotatable bonds is 4. The molecule has 2 aromatic rings. The molecule has 0 saturated carbocycles. The third-order valence-electron chi connectivity index (χ3n) is 3.30. The van der Waals surface area contributed by atoms with Gasteiger partial charge < -0.3 is 15.7 Å². The lowest BCUT2D eigenvalue weighted by molar-refractivity contribution is 0.0831. The molecule has 3 N–H and O–H groups in total. The van der Waals surface area contributed by atoms with E-state index in [1.807, 2.05) is 37.2 Å². The smallest absolute Gasteiger partial charge is 0.0858 e. The first-order chi connectivity index (χ1) is 8.65. The standard InChI is InChI=1S/C15H20N2O/c1-17(2)15(14(18)10-16)13-9-5-7-11-6-3-4-8-12(11)13/h3-9,14-15,18H,10,16H2,1-2H3. The van der Waals surface area contributed by atoms with Crippen LogP contribution in [-0.2, 0) is 0 Å². The minimum Gasteiger partial charge on any atom is -0.390 e. The Labute approximate surface area is 108 Å². The summed E-state index contributed by atoms with van der Waals surface area (Å²) >= 11 is 0. The van der Waals surface area contributed by atoms with Crippen LogP contribution in [0.15, 0.2) is 42.5 Å². The molecule has 0 fully saturated rings. The normalized spacial score (nSPS) is 14.9. The highest BCUT2D eigenvalue weighted by Gasteiger charge is 2.23. The molecular weight excluding hydrogens is 224 g/mol. The van der Waals surface area contributed by atoms with Crippen LogP contribution in [-0.4, -0.2) is 36.8 Å². The van der Waals surface area contributed by atoms with Crippen LogP contribution in [0.25, 0.3) is 10.8 Å². The van der Waals surface area contributed by atoms with Gasteiger partial charge in [0.05, 0.1) is 12.1 Å². The fourth-order valence-electron chi connectivity index (χ4n) is 2.47. The molecule has 0 bridgehead atoms. The van der Waals surface area contributed by atoms with Crippen molar-refractivity contribution in [2.75, 3.05) is 20.6 Å². The van der Waals surface area contributed by atoms with E-state index in [1.54, 1.807) is 0 Å². The summed E-state index contributed by atoms with van der Waals surface area (Å²) in [6, 6.07) is 14.3. The van der Waals surface area contributed by atoms with Crippen LogP contribution >= 0.6 is 0 Å². The second kappa shape index (κ2) is 5.48. The summed E-state index contributed by atoms with van der Waals surface area (Å²) < 4.78 is 0. The fraction of sp³-hybridized carbons (Fsp3) is 0.333.